The third kappa shape index (κ3) is 2.92. The topological polar surface area (TPSA) is 55.6 Å². The summed E-state index contributed by atoms with van der Waals surface area (Å²) in [7, 11) is 0. The average Bonchev–Trinajstić information content (AvgIpc) is 2.71. The van der Waals surface area contributed by atoms with Gasteiger partial charge in [0.2, 0.25) is 0 Å². The standard InChI is InChI=1S/C9H10ClN5/c10-9-5-8(1-2-12-9)11-3-4-15-6-13-14-7-15/h1-2,5-7H,3-4H2,(H,11,12). The lowest BCUT2D eigenvalue weighted by Crippen LogP contribution is -2.09. The van der Waals surface area contributed by atoms with Crippen LogP contribution in [0.4, 0.5) is 5.69 Å². The van der Waals surface area contributed by atoms with E-state index in [0.717, 1.165) is 18.8 Å². The number of anilines is 1. The minimum absolute atomic E-state index is 0.490. The Morgan fingerprint density at radius 2 is 2.13 bits per heavy atom. The van der Waals surface area contributed by atoms with Gasteiger partial charge in [0.05, 0.1) is 0 Å². The molecule has 0 aliphatic heterocycles. The van der Waals surface area contributed by atoms with Gasteiger partial charge in [-0.05, 0) is 12.1 Å². The van der Waals surface area contributed by atoms with Crippen molar-refractivity contribution in [3.8, 4) is 0 Å². The Hall–Kier alpha value is -1.62. The van der Waals surface area contributed by atoms with Gasteiger partial charge in [0.15, 0.2) is 0 Å². The molecule has 0 saturated carbocycles. The van der Waals surface area contributed by atoms with E-state index in [1.165, 1.54) is 0 Å². The summed E-state index contributed by atoms with van der Waals surface area (Å²) in [6.45, 7) is 1.60. The zero-order valence-electron chi connectivity index (χ0n) is 7.97. The summed E-state index contributed by atoms with van der Waals surface area (Å²) in [4.78, 5) is 3.90. The SMILES string of the molecule is Clc1cc(NCCn2cnnc2)ccn1. The van der Waals surface area contributed by atoms with Crippen molar-refractivity contribution in [3.63, 3.8) is 0 Å². The number of hydrogen-bond donors (Lipinski definition) is 1. The van der Waals surface area contributed by atoms with Gasteiger partial charge in [0.25, 0.3) is 0 Å². The third-order valence-corrected chi connectivity index (χ3v) is 2.10. The second-order valence-electron chi connectivity index (χ2n) is 2.99. The second-order valence-corrected chi connectivity index (χ2v) is 3.38. The van der Waals surface area contributed by atoms with Crippen LogP contribution < -0.4 is 5.32 Å². The van der Waals surface area contributed by atoms with Gasteiger partial charge in [0, 0.05) is 25.0 Å². The minimum Gasteiger partial charge on any atom is -0.383 e. The van der Waals surface area contributed by atoms with Crippen molar-refractivity contribution in [1.82, 2.24) is 19.7 Å². The van der Waals surface area contributed by atoms with Crippen molar-refractivity contribution in [3.05, 3.63) is 36.1 Å². The van der Waals surface area contributed by atoms with Crippen LogP contribution in [-0.2, 0) is 6.54 Å². The molecule has 0 aromatic carbocycles. The van der Waals surface area contributed by atoms with Gasteiger partial charge in [-0.3, -0.25) is 0 Å². The maximum absolute atomic E-state index is 5.75. The number of nitrogens with zero attached hydrogens (tertiary/aromatic N) is 4. The van der Waals surface area contributed by atoms with Crippen LogP contribution >= 0.6 is 11.6 Å². The molecule has 0 amide bonds. The molecule has 2 heterocycles. The van der Waals surface area contributed by atoms with Crippen molar-refractivity contribution in [2.24, 2.45) is 0 Å². The molecule has 0 atom stereocenters. The lowest BCUT2D eigenvalue weighted by molar-refractivity contribution is 0.724. The Balaban J connectivity index is 1.83. The smallest absolute Gasteiger partial charge is 0.131 e. The summed E-state index contributed by atoms with van der Waals surface area (Å²) >= 11 is 5.75. The van der Waals surface area contributed by atoms with Crippen molar-refractivity contribution < 1.29 is 0 Å². The fourth-order valence-corrected chi connectivity index (χ4v) is 1.35. The van der Waals surface area contributed by atoms with E-state index in [9.17, 15) is 0 Å². The van der Waals surface area contributed by atoms with Crippen LogP contribution in [0.2, 0.25) is 5.15 Å². The van der Waals surface area contributed by atoms with Gasteiger partial charge in [0.1, 0.15) is 17.8 Å². The van der Waals surface area contributed by atoms with Gasteiger partial charge in [-0.15, -0.1) is 10.2 Å². The van der Waals surface area contributed by atoms with Crippen molar-refractivity contribution >= 4 is 17.3 Å². The van der Waals surface area contributed by atoms with Crippen molar-refractivity contribution in [2.75, 3.05) is 11.9 Å². The quantitative estimate of drug-likeness (QED) is 0.797. The number of rotatable bonds is 4. The Labute approximate surface area is 92.1 Å². The molecule has 2 aromatic heterocycles. The summed E-state index contributed by atoms with van der Waals surface area (Å²) in [6, 6.07) is 3.66. The average molecular weight is 224 g/mol. The fraction of sp³-hybridized carbons (Fsp3) is 0.222. The molecular weight excluding hydrogens is 214 g/mol. The molecule has 2 rings (SSSR count). The van der Waals surface area contributed by atoms with Crippen molar-refractivity contribution in [1.29, 1.82) is 0 Å². The first-order chi connectivity index (χ1) is 7.34. The molecule has 15 heavy (non-hydrogen) atoms. The van der Waals surface area contributed by atoms with Crippen molar-refractivity contribution in [2.45, 2.75) is 6.54 Å². The molecule has 2 aromatic rings. The summed E-state index contributed by atoms with van der Waals surface area (Å²) in [5, 5.41) is 11.1. The molecule has 0 fully saturated rings. The van der Waals surface area contributed by atoms with Crippen LogP contribution in [0.3, 0.4) is 0 Å². The summed E-state index contributed by atoms with van der Waals surface area (Å²) in [5.41, 5.74) is 0.961. The molecular formula is C9H10ClN5. The second kappa shape index (κ2) is 4.75. The number of hydrogen-bond acceptors (Lipinski definition) is 4. The molecule has 0 spiro atoms. The van der Waals surface area contributed by atoms with E-state index in [-0.39, 0.29) is 0 Å². The van der Waals surface area contributed by atoms with E-state index >= 15 is 0 Å². The number of halogens is 1. The first-order valence-electron chi connectivity index (χ1n) is 4.52. The minimum atomic E-state index is 0.490. The maximum Gasteiger partial charge on any atom is 0.131 e. The number of pyridine rings is 1. The predicted octanol–water partition coefficient (Wildman–Crippen LogP) is 1.44. The largest absolute Gasteiger partial charge is 0.383 e. The number of nitrogens with one attached hydrogen (secondary N) is 1. The fourth-order valence-electron chi connectivity index (χ4n) is 1.18. The molecule has 0 aliphatic carbocycles. The summed E-state index contributed by atoms with van der Waals surface area (Å²) in [6.07, 6.45) is 5.03. The molecule has 0 aliphatic rings. The van der Waals surface area contributed by atoms with Crippen LogP contribution in [0, 0.1) is 0 Å². The highest BCUT2D eigenvalue weighted by Gasteiger charge is 1.94. The lowest BCUT2D eigenvalue weighted by Gasteiger charge is -2.05. The zero-order valence-corrected chi connectivity index (χ0v) is 8.72. The van der Waals surface area contributed by atoms with Crippen LogP contribution in [-0.4, -0.2) is 26.3 Å². The molecule has 0 bridgehead atoms. The highest BCUT2D eigenvalue weighted by molar-refractivity contribution is 6.29. The van der Waals surface area contributed by atoms with E-state index in [2.05, 4.69) is 20.5 Å². The van der Waals surface area contributed by atoms with Gasteiger partial charge in [-0.2, -0.15) is 0 Å². The number of aromatic nitrogens is 4. The normalized spacial score (nSPS) is 10.2. The highest BCUT2D eigenvalue weighted by Crippen LogP contribution is 2.11. The maximum atomic E-state index is 5.75. The van der Waals surface area contributed by atoms with Gasteiger partial charge >= 0.3 is 0 Å². The van der Waals surface area contributed by atoms with Crippen LogP contribution in [0.15, 0.2) is 31.0 Å². The Bertz CT molecular complexity index is 414. The molecule has 78 valence electrons. The highest BCUT2D eigenvalue weighted by atomic mass is 35.5. The first kappa shape index (κ1) is 9.92. The van der Waals surface area contributed by atoms with Crippen LogP contribution in [0.1, 0.15) is 0 Å². The third-order valence-electron chi connectivity index (χ3n) is 1.89. The van der Waals surface area contributed by atoms with Gasteiger partial charge in [-0.25, -0.2) is 4.98 Å². The molecule has 6 heteroatoms. The monoisotopic (exact) mass is 223 g/mol. The van der Waals surface area contributed by atoms with Gasteiger partial charge in [-0.1, -0.05) is 11.6 Å². The first-order valence-corrected chi connectivity index (χ1v) is 4.90. The zero-order chi connectivity index (χ0) is 10.5. The Kier molecular flexibility index (Phi) is 3.14. The molecule has 5 nitrogen and oxygen atoms in total. The summed E-state index contributed by atoms with van der Waals surface area (Å²) in [5.74, 6) is 0. The summed E-state index contributed by atoms with van der Waals surface area (Å²) < 4.78 is 1.90. The van der Waals surface area contributed by atoms with E-state index < -0.39 is 0 Å². The van der Waals surface area contributed by atoms with Crippen LogP contribution in [0.25, 0.3) is 0 Å². The Morgan fingerprint density at radius 3 is 2.87 bits per heavy atom. The predicted molar refractivity (Wildman–Crippen MR) is 57.8 cm³/mol. The van der Waals surface area contributed by atoms with E-state index in [0.29, 0.717) is 5.15 Å². The van der Waals surface area contributed by atoms with Gasteiger partial charge < -0.3 is 9.88 Å². The van der Waals surface area contributed by atoms with E-state index in [1.807, 2.05) is 10.6 Å². The molecule has 0 radical (unpaired) electrons. The van der Waals surface area contributed by atoms with E-state index in [1.54, 1.807) is 24.9 Å². The molecule has 0 saturated heterocycles. The molecule has 0 unspecified atom stereocenters. The molecule has 1 N–H and O–H groups in total. The van der Waals surface area contributed by atoms with E-state index in [4.69, 9.17) is 11.6 Å². The lowest BCUT2D eigenvalue weighted by atomic mass is 10.4. The Morgan fingerprint density at radius 1 is 1.33 bits per heavy atom. The van der Waals surface area contributed by atoms with Crippen LogP contribution in [0.5, 0.6) is 0 Å².